The van der Waals surface area contributed by atoms with Crippen molar-refractivity contribution >= 4 is 34.1 Å². The van der Waals surface area contributed by atoms with E-state index >= 15 is 0 Å². The number of nitrogens with zero attached hydrogens (tertiary/aromatic N) is 4. The van der Waals surface area contributed by atoms with E-state index in [9.17, 15) is 4.79 Å². The number of carbonyl (C=O) groups excluding carboxylic acids is 1. The summed E-state index contributed by atoms with van der Waals surface area (Å²) in [4.78, 5) is 11.9. The zero-order chi connectivity index (χ0) is 16.9. The van der Waals surface area contributed by atoms with Crippen LogP contribution >= 0.6 is 23.1 Å². The molecular weight excluding hydrogens is 346 g/mol. The Morgan fingerprint density at radius 3 is 2.71 bits per heavy atom. The first-order chi connectivity index (χ1) is 11.6. The minimum atomic E-state index is -0.186. The van der Waals surface area contributed by atoms with Gasteiger partial charge in [-0.05, 0) is 25.5 Å². The van der Waals surface area contributed by atoms with Crippen LogP contribution < -0.4 is 5.32 Å². The van der Waals surface area contributed by atoms with E-state index in [0.29, 0.717) is 16.2 Å². The summed E-state index contributed by atoms with van der Waals surface area (Å²) in [6, 6.07) is 7.80. The van der Waals surface area contributed by atoms with Gasteiger partial charge in [0.1, 0.15) is 5.01 Å². The van der Waals surface area contributed by atoms with Crippen molar-refractivity contribution in [2.24, 2.45) is 0 Å². The molecule has 0 aliphatic rings. The number of amides is 1. The number of nitrogens with one attached hydrogen (secondary N) is 1. The maximum Gasteiger partial charge on any atom is 0.277 e. The first-order valence-corrected chi connectivity index (χ1v) is 9.10. The predicted octanol–water partition coefficient (Wildman–Crippen LogP) is 3.19. The summed E-state index contributed by atoms with van der Waals surface area (Å²) in [5, 5.41) is 20.3. The van der Waals surface area contributed by atoms with E-state index in [0.717, 1.165) is 22.6 Å². The third-order valence-electron chi connectivity index (χ3n) is 3.05. The largest absolute Gasteiger partial charge is 0.411 e. The van der Waals surface area contributed by atoms with Crippen molar-refractivity contribution in [1.82, 2.24) is 20.4 Å². The first kappa shape index (κ1) is 16.6. The number of thioether (sulfide) groups is 1. The molecule has 3 aromatic rings. The summed E-state index contributed by atoms with van der Waals surface area (Å²) in [6.45, 7) is 4.00. The predicted molar refractivity (Wildman–Crippen MR) is 93.1 cm³/mol. The first-order valence-electron chi connectivity index (χ1n) is 7.29. The summed E-state index contributed by atoms with van der Waals surface area (Å²) in [7, 11) is 0. The Kier molecular flexibility index (Phi) is 5.21. The molecule has 124 valence electrons. The number of hydrogen-bond donors (Lipinski definition) is 1. The fraction of sp³-hybridized carbons (Fsp3) is 0.267. The molecule has 1 aromatic carbocycles. The van der Waals surface area contributed by atoms with Crippen LogP contribution in [0.4, 0.5) is 5.13 Å². The second kappa shape index (κ2) is 7.54. The van der Waals surface area contributed by atoms with Crippen LogP contribution in [0.3, 0.4) is 0 Å². The van der Waals surface area contributed by atoms with Crippen LogP contribution in [0.2, 0.25) is 0 Å². The zero-order valence-electron chi connectivity index (χ0n) is 13.1. The molecule has 0 aliphatic carbocycles. The van der Waals surface area contributed by atoms with Crippen LogP contribution in [0.5, 0.6) is 0 Å². The number of benzene rings is 1. The monoisotopic (exact) mass is 361 g/mol. The number of anilines is 1. The van der Waals surface area contributed by atoms with E-state index in [1.54, 1.807) is 0 Å². The summed E-state index contributed by atoms with van der Waals surface area (Å²) in [5.41, 5.74) is 2.01. The van der Waals surface area contributed by atoms with Gasteiger partial charge in [0.05, 0.1) is 5.75 Å². The summed E-state index contributed by atoms with van der Waals surface area (Å²) in [5.74, 6) is 0.417. The van der Waals surface area contributed by atoms with E-state index in [-0.39, 0.29) is 11.7 Å². The minimum absolute atomic E-state index is 0.163. The highest BCUT2D eigenvalue weighted by atomic mass is 32.2. The molecule has 0 saturated carbocycles. The van der Waals surface area contributed by atoms with Crippen molar-refractivity contribution in [3.8, 4) is 11.5 Å². The van der Waals surface area contributed by atoms with Crippen molar-refractivity contribution in [3.05, 3.63) is 34.8 Å². The van der Waals surface area contributed by atoms with Crippen LogP contribution in [-0.2, 0) is 11.2 Å². The lowest BCUT2D eigenvalue weighted by atomic mass is 10.1. The van der Waals surface area contributed by atoms with Crippen molar-refractivity contribution in [3.63, 3.8) is 0 Å². The number of aromatic nitrogens is 4. The SMILES string of the molecule is CCc1nnc(NC(=O)CSc2nnc(-c3ccc(C)cc3)o2)s1. The minimum Gasteiger partial charge on any atom is -0.411 e. The maximum absolute atomic E-state index is 11.9. The summed E-state index contributed by atoms with van der Waals surface area (Å²) < 4.78 is 5.57. The van der Waals surface area contributed by atoms with E-state index in [2.05, 4.69) is 25.7 Å². The number of aryl methyl sites for hydroxylation is 2. The van der Waals surface area contributed by atoms with E-state index < -0.39 is 0 Å². The summed E-state index contributed by atoms with van der Waals surface area (Å²) in [6.07, 6.45) is 0.798. The van der Waals surface area contributed by atoms with Crippen LogP contribution in [0.25, 0.3) is 11.5 Å². The van der Waals surface area contributed by atoms with Crippen LogP contribution in [0.15, 0.2) is 33.9 Å². The van der Waals surface area contributed by atoms with Gasteiger partial charge in [-0.15, -0.1) is 20.4 Å². The molecule has 0 aliphatic heterocycles. The second-order valence-corrected chi connectivity index (χ2v) is 6.92. The fourth-order valence-corrected chi connectivity index (χ4v) is 3.07. The van der Waals surface area contributed by atoms with Gasteiger partial charge in [-0.1, -0.05) is 47.7 Å². The van der Waals surface area contributed by atoms with Crippen LogP contribution in [0, 0.1) is 6.92 Å². The molecule has 0 spiro atoms. The maximum atomic E-state index is 11.9. The molecule has 0 bridgehead atoms. The third-order valence-corrected chi connectivity index (χ3v) is 4.85. The number of hydrogen-bond acceptors (Lipinski definition) is 8. The van der Waals surface area contributed by atoms with Gasteiger partial charge in [0.2, 0.25) is 16.9 Å². The highest BCUT2D eigenvalue weighted by Crippen LogP contribution is 2.23. The number of carbonyl (C=O) groups is 1. The van der Waals surface area contributed by atoms with Crippen LogP contribution in [0.1, 0.15) is 17.5 Å². The second-order valence-electron chi connectivity index (χ2n) is 4.93. The molecule has 0 atom stereocenters. The quantitative estimate of drug-likeness (QED) is 0.674. The lowest BCUT2D eigenvalue weighted by Crippen LogP contribution is -2.13. The van der Waals surface area contributed by atoms with Gasteiger partial charge in [-0.3, -0.25) is 10.1 Å². The molecule has 2 heterocycles. The molecule has 0 radical (unpaired) electrons. The molecule has 0 saturated heterocycles. The standard InChI is InChI=1S/C15H15N5O2S2/c1-3-12-17-19-14(24-12)16-11(21)8-23-15-20-18-13(22-15)10-6-4-9(2)5-7-10/h4-7H,3,8H2,1-2H3,(H,16,19,21). The van der Waals surface area contributed by atoms with Crippen molar-refractivity contribution in [1.29, 1.82) is 0 Å². The third kappa shape index (κ3) is 4.18. The molecule has 0 unspecified atom stereocenters. The molecule has 9 heteroatoms. The Hall–Kier alpha value is -2.26. The van der Waals surface area contributed by atoms with Gasteiger partial charge in [-0.25, -0.2) is 0 Å². The molecule has 7 nitrogen and oxygen atoms in total. The van der Waals surface area contributed by atoms with Crippen LogP contribution in [-0.4, -0.2) is 32.1 Å². The molecular formula is C15H15N5O2S2. The smallest absolute Gasteiger partial charge is 0.277 e. The Balaban J connectivity index is 1.55. The highest BCUT2D eigenvalue weighted by molar-refractivity contribution is 7.99. The normalized spacial score (nSPS) is 10.8. The van der Waals surface area contributed by atoms with Gasteiger partial charge in [-0.2, -0.15) is 0 Å². The molecule has 0 fully saturated rings. The molecule has 1 amide bonds. The Bertz CT molecular complexity index is 829. The average Bonchev–Trinajstić information content (AvgIpc) is 3.23. The van der Waals surface area contributed by atoms with Gasteiger partial charge >= 0.3 is 0 Å². The number of rotatable bonds is 6. The Labute approximate surface area is 146 Å². The van der Waals surface area contributed by atoms with Gasteiger partial charge in [0.15, 0.2) is 0 Å². The molecule has 3 rings (SSSR count). The molecule has 2 aromatic heterocycles. The van der Waals surface area contributed by atoms with E-state index in [1.807, 2.05) is 38.1 Å². The summed E-state index contributed by atoms with van der Waals surface area (Å²) >= 11 is 2.55. The molecule has 24 heavy (non-hydrogen) atoms. The van der Waals surface area contributed by atoms with E-state index in [4.69, 9.17) is 4.42 Å². The Morgan fingerprint density at radius 1 is 1.21 bits per heavy atom. The van der Waals surface area contributed by atoms with E-state index in [1.165, 1.54) is 23.1 Å². The molecule has 1 N–H and O–H groups in total. The fourth-order valence-electron chi connectivity index (χ4n) is 1.81. The van der Waals surface area contributed by atoms with Crippen molar-refractivity contribution < 1.29 is 9.21 Å². The average molecular weight is 361 g/mol. The van der Waals surface area contributed by atoms with Crippen molar-refractivity contribution in [2.45, 2.75) is 25.5 Å². The highest BCUT2D eigenvalue weighted by Gasteiger charge is 2.12. The van der Waals surface area contributed by atoms with Gasteiger partial charge in [0, 0.05) is 5.56 Å². The Morgan fingerprint density at radius 2 is 2.00 bits per heavy atom. The van der Waals surface area contributed by atoms with Crippen molar-refractivity contribution in [2.75, 3.05) is 11.1 Å². The lowest BCUT2D eigenvalue weighted by Gasteiger charge is -1.98. The topological polar surface area (TPSA) is 93.8 Å². The lowest BCUT2D eigenvalue weighted by molar-refractivity contribution is -0.113. The zero-order valence-corrected chi connectivity index (χ0v) is 14.8. The van der Waals surface area contributed by atoms with Gasteiger partial charge in [0.25, 0.3) is 5.22 Å². The van der Waals surface area contributed by atoms with Gasteiger partial charge < -0.3 is 4.42 Å².